The molecule has 1 aromatic heterocycles. The van der Waals surface area contributed by atoms with Crippen LogP contribution in [0.3, 0.4) is 0 Å². The third-order valence-electron chi connectivity index (χ3n) is 2.97. The third-order valence-corrected chi connectivity index (χ3v) is 2.97. The Morgan fingerprint density at radius 3 is 2.88 bits per heavy atom. The Kier molecular flexibility index (Phi) is 3.47. The largest absolute Gasteiger partial charge is 0.361 e. The van der Waals surface area contributed by atoms with Gasteiger partial charge in [-0.15, -0.1) is 0 Å². The van der Waals surface area contributed by atoms with Gasteiger partial charge in [-0.25, -0.2) is 0 Å². The molecule has 0 aliphatic heterocycles. The first-order chi connectivity index (χ1) is 8.22. The number of nitrogens with zero attached hydrogens (tertiary/aromatic N) is 1. The first-order valence-electron chi connectivity index (χ1n) is 6.01. The minimum atomic E-state index is 0.206. The Hall–Kier alpha value is -1.77. The molecule has 3 heteroatoms. The second-order valence-electron chi connectivity index (χ2n) is 4.36. The highest BCUT2D eigenvalue weighted by atomic mass is 16.2. The van der Waals surface area contributed by atoms with Crippen LogP contribution in [0.5, 0.6) is 0 Å². The van der Waals surface area contributed by atoms with Gasteiger partial charge in [-0.1, -0.05) is 25.1 Å². The number of carbonyl (C=O) groups excluding carboxylic acids is 1. The first kappa shape index (κ1) is 11.7. The minimum Gasteiger partial charge on any atom is -0.361 e. The highest BCUT2D eigenvalue weighted by Gasteiger charge is 2.10. The van der Waals surface area contributed by atoms with Gasteiger partial charge in [0.1, 0.15) is 0 Å². The fourth-order valence-electron chi connectivity index (χ4n) is 2.01. The van der Waals surface area contributed by atoms with Crippen molar-refractivity contribution >= 4 is 16.8 Å². The van der Waals surface area contributed by atoms with Gasteiger partial charge in [0.25, 0.3) is 0 Å². The topological polar surface area (TPSA) is 36.1 Å². The number of carbonyl (C=O) groups is 1. The van der Waals surface area contributed by atoms with Crippen molar-refractivity contribution in [2.45, 2.75) is 26.3 Å². The van der Waals surface area contributed by atoms with Gasteiger partial charge >= 0.3 is 0 Å². The van der Waals surface area contributed by atoms with Gasteiger partial charge in [0.2, 0.25) is 5.91 Å². The number of hydrogen-bond acceptors (Lipinski definition) is 1. The zero-order chi connectivity index (χ0) is 12.3. The maximum absolute atomic E-state index is 11.7. The maximum atomic E-state index is 11.7. The van der Waals surface area contributed by atoms with Gasteiger partial charge in [0.05, 0.1) is 0 Å². The normalized spacial score (nSPS) is 10.7. The lowest BCUT2D eigenvalue weighted by molar-refractivity contribution is -0.130. The van der Waals surface area contributed by atoms with E-state index < -0.39 is 0 Å². The van der Waals surface area contributed by atoms with Crippen molar-refractivity contribution in [3.05, 3.63) is 36.0 Å². The van der Waals surface area contributed by atoms with Crippen molar-refractivity contribution in [1.82, 2.24) is 9.88 Å². The molecule has 2 aromatic rings. The molecule has 2 rings (SSSR count). The molecule has 0 atom stereocenters. The van der Waals surface area contributed by atoms with E-state index in [0.717, 1.165) is 11.9 Å². The molecule has 0 saturated heterocycles. The fourth-order valence-corrected chi connectivity index (χ4v) is 2.01. The Morgan fingerprint density at radius 1 is 1.35 bits per heavy atom. The maximum Gasteiger partial charge on any atom is 0.222 e. The van der Waals surface area contributed by atoms with Gasteiger partial charge in [-0.05, 0) is 18.1 Å². The summed E-state index contributed by atoms with van der Waals surface area (Å²) in [5.74, 6) is 0.206. The van der Waals surface area contributed by atoms with Crippen molar-refractivity contribution in [3.63, 3.8) is 0 Å². The molecule has 0 bridgehead atoms. The van der Waals surface area contributed by atoms with E-state index in [2.05, 4.69) is 11.1 Å². The van der Waals surface area contributed by atoms with E-state index in [0.29, 0.717) is 13.0 Å². The van der Waals surface area contributed by atoms with E-state index in [1.807, 2.05) is 38.4 Å². The molecule has 1 amide bonds. The number of H-pyrrole nitrogens is 1. The highest BCUT2D eigenvalue weighted by molar-refractivity contribution is 5.83. The van der Waals surface area contributed by atoms with Crippen LogP contribution in [-0.4, -0.2) is 22.8 Å². The molecule has 0 spiro atoms. The van der Waals surface area contributed by atoms with E-state index in [4.69, 9.17) is 0 Å². The molecule has 1 N–H and O–H groups in total. The number of aromatic amines is 1. The third kappa shape index (κ3) is 2.49. The molecule has 1 heterocycles. The lowest BCUT2D eigenvalue weighted by Crippen LogP contribution is -2.25. The molecule has 0 aliphatic carbocycles. The Morgan fingerprint density at radius 2 is 2.12 bits per heavy atom. The quantitative estimate of drug-likeness (QED) is 0.861. The summed E-state index contributed by atoms with van der Waals surface area (Å²) in [6.45, 7) is 2.69. The molecule has 1 aromatic carbocycles. The molecular weight excluding hydrogens is 212 g/mol. The van der Waals surface area contributed by atoms with Crippen molar-refractivity contribution in [2.75, 3.05) is 7.05 Å². The summed E-state index contributed by atoms with van der Waals surface area (Å²) in [6, 6.07) is 8.16. The number of para-hydroxylation sites is 1. The van der Waals surface area contributed by atoms with Crippen LogP contribution >= 0.6 is 0 Å². The molecule has 0 unspecified atom stereocenters. The summed E-state index contributed by atoms with van der Waals surface area (Å²) in [6.07, 6.45) is 3.51. The standard InChI is InChI=1S/C14H18N2O/c1-3-6-14(17)16(2)10-11-9-15-13-8-5-4-7-12(11)13/h4-5,7-9,15H,3,6,10H2,1-2H3. The van der Waals surface area contributed by atoms with Crippen LogP contribution in [0.15, 0.2) is 30.5 Å². The smallest absolute Gasteiger partial charge is 0.222 e. The van der Waals surface area contributed by atoms with Crippen LogP contribution in [0, 0.1) is 0 Å². The predicted octanol–water partition coefficient (Wildman–Crippen LogP) is 2.93. The summed E-state index contributed by atoms with van der Waals surface area (Å²) in [5.41, 5.74) is 2.30. The second-order valence-corrected chi connectivity index (χ2v) is 4.36. The summed E-state index contributed by atoms with van der Waals surface area (Å²) in [7, 11) is 1.86. The van der Waals surface area contributed by atoms with Gasteiger partial charge < -0.3 is 9.88 Å². The van der Waals surface area contributed by atoms with Crippen molar-refractivity contribution in [2.24, 2.45) is 0 Å². The second kappa shape index (κ2) is 5.04. The molecule has 0 aliphatic rings. The molecule has 17 heavy (non-hydrogen) atoms. The number of aromatic nitrogens is 1. The van der Waals surface area contributed by atoms with Crippen molar-refractivity contribution in [3.8, 4) is 0 Å². The number of hydrogen-bond donors (Lipinski definition) is 1. The highest BCUT2D eigenvalue weighted by Crippen LogP contribution is 2.19. The number of benzene rings is 1. The first-order valence-corrected chi connectivity index (χ1v) is 6.01. The van der Waals surface area contributed by atoms with Crippen LogP contribution in [0.4, 0.5) is 0 Å². The Labute approximate surface area is 101 Å². The molecule has 0 saturated carbocycles. The number of amides is 1. The molecule has 3 nitrogen and oxygen atoms in total. The molecular formula is C14H18N2O. The molecule has 0 fully saturated rings. The van der Waals surface area contributed by atoms with E-state index >= 15 is 0 Å². The van der Waals surface area contributed by atoms with Crippen LogP contribution in [0.25, 0.3) is 10.9 Å². The summed E-state index contributed by atoms with van der Waals surface area (Å²) < 4.78 is 0. The fraction of sp³-hybridized carbons (Fsp3) is 0.357. The minimum absolute atomic E-state index is 0.206. The van der Waals surface area contributed by atoms with E-state index in [9.17, 15) is 4.79 Å². The zero-order valence-electron chi connectivity index (χ0n) is 10.4. The Balaban J connectivity index is 2.16. The van der Waals surface area contributed by atoms with Gasteiger partial charge in [-0.3, -0.25) is 4.79 Å². The van der Waals surface area contributed by atoms with E-state index in [1.54, 1.807) is 4.90 Å². The van der Waals surface area contributed by atoms with Crippen molar-refractivity contribution in [1.29, 1.82) is 0 Å². The van der Waals surface area contributed by atoms with Crippen LogP contribution in [0.1, 0.15) is 25.3 Å². The lowest BCUT2D eigenvalue weighted by Gasteiger charge is -2.16. The number of rotatable bonds is 4. The average Bonchev–Trinajstić information content (AvgIpc) is 2.73. The Bertz CT molecular complexity index is 516. The van der Waals surface area contributed by atoms with Gasteiger partial charge in [0.15, 0.2) is 0 Å². The van der Waals surface area contributed by atoms with Crippen molar-refractivity contribution < 1.29 is 4.79 Å². The van der Waals surface area contributed by atoms with E-state index in [1.165, 1.54) is 10.9 Å². The SMILES string of the molecule is CCCC(=O)N(C)Cc1c[nH]c2ccccc12. The van der Waals surface area contributed by atoms with Crippen LogP contribution in [-0.2, 0) is 11.3 Å². The predicted molar refractivity (Wildman–Crippen MR) is 69.7 cm³/mol. The summed E-state index contributed by atoms with van der Waals surface area (Å²) >= 11 is 0. The monoisotopic (exact) mass is 230 g/mol. The average molecular weight is 230 g/mol. The van der Waals surface area contributed by atoms with Crippen LogP contribution in [0.2, 0.25) is 0 Å². The number of nitrogens with one attached hydrogen (secondary N) is 1. The van der Waals surface area contributed by atoms with Crippen LogP contribution < -0.4 is 0 Å². The lowest BCUT2D eigenvalue weighted by atomic mass is 10.1. The van der Waals surface area contributed by atoms with Gasteiger partial charge in [-0.2, -0.15) is 0 Å². The van der Waals surface area contributed by atoms with Gasteiger partial charge in [0, 0.05) is 37.1 Å². The number of fused-ring (bicyclic) bond motifs is 1. The summed E-state index contributed by atoms with van der Waals surface area (Å²) in [4.78, 5) is 16.7. The zero-order valence-corrected chi connectivity index (χ0v) is 10.4. The summed E-state index contributed by atoms with van der Waals surface area (Å²) in [5, 5.41) is 1.20. The molecule has 90 valence electrons. The van der Waals surface area contributed by atoms with E-state index in [-0.39, 0.29) is 5.91 Å². The molecule has 0 radical (unpaired) electrons.